The second kappa shape index (κ2) is 12.4. The van der Waals surface area contributed by atoms with Crippen molar-refractivity contribution in [1.82, 2.24) is 0 Å². The summed E-state index contributed by atoms with van der Waals surface area (Å²) in [4.78, 5) is 2.45. The van der Waals surface area contributed by atoms with Crippen LogP contribution < -0.4 is 4.90 Å². The zero-order valence-corrected chi connectivity index (χ0v) is 30.1. The van der Waals surface area contributed by atoms with Gasteiger partial charge in [0.15, 0.2) is 5.58 Å². The van der Waals surface area contributed by atoms with Crippen molar-refractivity contribution in [1.29, 1.82) is 0 Å². The van der Waals surface area contributed by atoms with Gasteiger partial charge in [-0.3, -0.25) is 0 Å². The summed E-state index contributed by atoms with van der Waals surface area (Å²) in [5.41, 5.74) is 13.7. The van der Waals surface area contributed by atoms with Crippen LogP contribution in [0.2, 0.25) is 0 Å². The minimum absolute atomic E-state index is 0.531. The molecular formula is C52H39NO. The van der Waals surface area contributed by atoms with E-state index in [9.17, 15) is 0 Å². The van der Waals surface area contributed by atoms with Gasteiger partial charge in [0, 0.05) is 21.8 Å². The van der Waals surface area contributed by atoms with Gasteiger partial charge < -0.3 is 9.32 Å². The number of nitrogens with zero attached hydrogens (tertiary/aromatic N) is 1. The Labute approximate surface area is 315 Å². The summed E-state index contributed by atoms with van der Waals surface area (Å²) in [5, 5.41) is 4.80. The molecule has 1 heterocycles. The van der Waals surface area contributed by atoms with Crippen molar-refractivity contribution < 1.29 is 4.42 Å². The molecule has 0 radical (unpaired) electrons. The van der Waals surface area contributed by atoms with Crippen LogP contribution in [-0.2, 0) is 5.41 Å². The molecule has 0 spiro atoms. The van der Waals surface area contributed by atoms with E-state index in [1.165, 1.54) is 80.8 Å². The smallest absolute Gasteiger partial charge is 0.159 e. The van der Waals surface area contributed by atoms with Crippen molar-refractivity contribution in [3.8, 4) is 11.1 Å². The summed E-state index contributed by atoms with van der Waals surface area (Å²) in [5.74, 6) is 0.550. The first-order chi connectivity index (χ1) is 26.8. The van der Waals surface area contributed by atoms with Gasteiger partial charge in [0.25, 0.3) is 0 Å². The third-order valence-electron chi connectivity index (χ3n) is 12.3. The Morgan fingerprint density at radius 2 is 1.04 bits per heavy atom. The first kappa shape index (κ1) is 31.2. The molecule has 2 nitrogen and oxygen atoms in total. The Balaban J connectivity index is 1.26. The maximum Gasteiger partial charge on any atom is 0.159 e. The van der Waals surface area contributed by atoms with Crippen molar-refractivity contribution in [2.45, 2.75) is 37.0 Å². The lowest BCUT2D eigenvalue weighted by atomic mass is 9.67. The Hall–Kier alpha value is -6.38. The summed E-state index contributed by atoms with van der Waals surface area (Å²) in [6.45, 7) is 0. The Morgan fingerprint density at radius 1 is 0.463 bits per heavy atom. The highest BCUT2D eigenvalue weighted by Gasteiger charge is 2.47. The summed E-state index contributed by atoms with van der Waals surface area (Å²) in [6, 6.07) is 67.0. The van der Waals surface area contributed by atoms with Crippen molar-refractivity contribution in [2.24, 2.45) is 0 Å². The molecule has 11 rings (SSSR count). The zero-order valence-electron chi connectivity index (χ0n) is 30.1. The van der Waals surface area contributed by atoms with Gasteiger partial charge in [0.05, 0.1) is 16.8 Å². The third kappa shape index (κ3) is 4.47. The molecule has 0 unspecified atom stereocenters. The van der Waals surface area contributed by atoms with Gasteiger partial charge >= 0.3 is 0 Å². The quantitative estimate of drug-likeness (QED) is 0.172. The average molecular weight is 694 g/mol. The molecule has 1 fully saturated rings. The van der Waals surface area contributed by atoms with Crippen LogP contribution in [0.3, 0.4) is 0 Å². The summed E-state index contributed by atoms with van der Waals surface area (Å²) in [6.07, 6.45) is 5.04. The number of hydrogen-bond acceptors (Lipinski definition) is 2. The summed E-state index contributed by atoms with van der Waals surface area (Å²) >= 11 is 0. The molecule has 0 saturated heterocycles. The maximum atomic E-state index is 7.14. The van der Waals surface area contributed by atoms with Gasteiger partial charge in [-0.15, -0.1) is 0 Å². The van der Waals surface area contributed by atoms with Gasteiger partial charge in [-0.1, -0.05) is 171 Å². The van der Waals surface area contributed by atoms with Crippen LogP contribution in [0.25, 0.3) is 43.8 Å². The monoisotopic (exact) mass is 693 g/mol. The highest BCUT2D eigenvalue weighted by Crippen LogP contribution is 2.60. The van der Waals surface area contributed by atoms with Gasteiger partial charge in [-0.2, -0.15) is 0 Å². The SMILES string of the molecule is c1ccc(N(c2cc3c(c4ccccc24)-c2ccccc2C3(c2ccccc2)c2ccccc2)c2cccc3c2oc2c(C4CCCC4)cccc23)cc1. The van der Waals surface area contributed by atoms with Crippen LogP contribution in [0.15, 0.2) is 186 Å². The fourth-order valence-electron chi connectivity index (χ4n) is 10.0. The minimum Gasteiger partial charge on any atom is -0.454 e. The molecule has 2 aliphatic carbocycles. The van der Waals surface area contributed by atoms with Crippen LogP contribution in [0, 0.1) is 0 Å². The highest BCUT2D eigenvalue weighted by molar-refractivity contribution is 6.15. The zero-order chi connectivity index (χ0) is 35.6. The molecule has 0 aliphatic heterocycles. The fourth-order valence-corrected chi connectivity index (χ4v) is 10.0. The lowest BCUT2D eigenvalue weighted by Crippen LogP contribution is -2.28. The average Bonchev–Trinajstić information content (AvgIpc) is 3.99. The lowest BCUT2D eigenvalue weighted by Gasteiger charge is -2.35. The molecule has 258 valence electrons. The van der Waals surface area contributed by atoms with Crippen molar-refractivity contribution in [3.05, 3.63) is 210 Å². The second-order valence-electron chi connectivity index (χ2n) is 15.0. The Bertz CT molecular complexity index is 2790. The number of anilines is 3. The molecule has 2 aliphatic rings. The molecule has 8 aromatic carbocycles. The standard InChI is InChI=1S/C52H39NO/c1-4-20-36(21-5-1)52(37-22-6-2-7-23-37)45-32-15-14-28-44(45)49-41-27-13-12-26-40(41)48(34-46(49)52)53(38-24-8-3-9-25-38)47-33-17-31-43-42-30-16-29-39(35-18-10-11-19-35)50(42)54-51(43)47/h1-9,12-17,20-35H,10-11,18-19H2. The van der Waals surface area contributed by atoms with Gasteiger partial charge in [0.1, 0.15) is 5.58 Å². The maximum absolute atomic E-state index is 7.14. The number of para-hydroxylation sites is 3. The minimum atomic E-state index is -0.531. The van der Waals surface area contributed by atoms with E-state index in [0.29, 0.717) is 5.92 Å². The number of fused-ring (bicyclic) bond motifs is 8. The predicted octanol–water partition coefficient (Wildman–Crippen LogP) is 14.2. The van der Waals surface area contributed by atoms with E-state index in [-0.39, 0.29) is 0 Å². The molecule has 0 amide bonds. The molecule has 2 heteroatoms. The molecule has 1 saturated carbocycles. The largest absolute Gasteiger partial charge is 0.454 e. The van der Waals surface area contributed by atoms with Crippen molar-refractivity contribution in [2.75, 3.05) is 4.90 Å². The van der Waals surface area contributed by atoms with E-state index in [1.54, 1.807) is 0 Å². The molecule has 1 aromatic heterocycles. The molecule has 9 aromatic rings. The topological polar surface area (TPSA) is 16.4 Å². The molecule has 0 atom stereocenters. The fraction of sp³-hybridized carbons (Fsp3) is 0.115. The second-order valence-corrected chi connectivity index (χ2v) is 15.0. The van der Waals surface area contributed by atoms with E-state index in [2.05, 4.69) is 187 Å². The molecule has 0 N–H and O–H groups in total. The number of benzene rings is 8. The Morgan fingerprint density at radius 3 is 1.76 bits per heavy atom. The first-order valence-electron chi connectivity index (χ1n) is 19.4. The summed E-state index contributed by atoms with van der Waals surface area (Å²) < 4.78 is 7.14. The van der Waals surface area contributed by atoms with Gasteiger partial charge in [-0.25, -0.2) is 0 Å². The van der Waals surface area contributed by atoms with Gasteiger partial charge in [-0.05, 0) is 87.4 Å². The number of furan rings is 1. The van der Waals surface area contributed by atoms with Crippen LogP contribution in [0.4, 0.5) is 17.1 Å². The van der Waals surface area contributed by atoms with Crippen molar-refractivity contribution in [3.63, 3.8) is 0 Å². The molecule has 0 bridgehead atoms. The van der Waals surface area contributed by atoms with Crippen LogP contribution in [0.1, 0.15) is 59.4 Å². The molecular weight excluding hydrogens is 655 g/mol. The predicted molar refractivity (Wildman–Crippen MR) is 224 cm³/mol. The van der Waals surface area contributed by atoms with Crippen LogP contribution in [-0.4, -0.2) is 0 Å². The van der Waals surface area contributed by atoms with E-state index in [4.69, 9.17) is 4.42 Å². The highest BCUT2D eigenvalue weighted by atomic mass is 16.3. The van der Waals surface area contributed by atoms with E-state index >= 15 is 0 Å². The van der Waals surface area contributed by atoms with E-state index in [0.717, 1.165) is 33.6 Å². The third-order valence-corrected chi connectivity index (χ3v) is 12.3. The van der Waals surface area contributed by atoms with E-state index in [1.807, 2.05) is 0 Å². The lowest BCUT2D eigenvalue weighted by molar-refractivity contribution is 0.643. The van der Waals surface area contributed by atoms with Gasteiger partial charge in [0.2, 0.25) is 0 Å². The van der Waals surface area contributed by atoms with E-state index < -0.39 is 5.41 Å². The van der Waals surface area contributed by atoms with Crippen LogP contribution in [0.5, 0.6) is 0 Å². The Kier molecular flexibility index (Phi) is 7.13. The molecule has 54 heavy (non-hydrogen) atoms. The summed E-state index contributed by atoms with van der Waals surface area (Å²) in [7, 11) is 0. The number of rotatable bonds is 6. The normalized spacial score (nSPS) is 14.8. The number of hydrogen-bond donors (Lipinski definition) is 0. The first-order valence-corrected chi connectivity index (χ1v) is 19.4. The van der Waals surface area contributed by atoms with Crippen LogP contribution >= 0.6 is 0 Å². The van der Waals surface area contributed by atoms with Crippen molar-refractivity contribution >= 4 is 49.8 Å².